The highest BCUT2D eigenvalue weighted by Crippen LogP contribution is 2.08. The number of nitrogens with one attached hydrogen (secondary N) is 1. The Morgan fingerprint density at radius 3 is 2.67 bits per heavy atom. The first-order chi connectivity index (χ1) is 10.2. The summed E-state index contributed by atoms with van der Waals surface area (Å²) in [4.78, 5) is 5.44. The summed E-state index contributed by atoms with van der Waals surface area (Å²) in [7, 11) is 2.03. The number of hydrogen-bond donors (Lipinski definition) is 1. The van der Waals surface area contributed by atoms with Gasteiger partial charge in [0.1, 0.15) is 0 Å². The van der Waals surface area contributed by atoms with Gasteiger partial charge in [-0.25, -0.2) is 9.37 Å². The van der Waals surface area contributed by atoms with Crippen molar-refractivity contribution in [3.05, 3.63) is 65.5 Å². The molecule has 0 fully saturated rings. The molecular formula is C16H19F2N3. The third kappa shape index (κ3) is 4.88. The third-order valence-corrected chi connectivity index (χ3v) is 3.21. The van der Waals surface area contributed by atoms with Crippen LogP contribution in [-0.2, 0) is 13.1 Å². The van der Waals surface area contributed by atoms with Crippen LogP contribution < -0.4 is 5.32 Å². The summed E-state index contributed by atoms with van der Waals surface area (Å²) in [5, 5.41) is 3.11. The van der Waals surface area contributed by atoms with Gasteiger partial charge in [-0.05, 0) is 18.7 Å². The smallest absolute Gasteiger partial charge is 0.249 e. The molecule has 2 aromatic rings. The number of pyridine rings is 1. The Labute approximate surface area is 123 Å². The van der Waals surface area contributed by atoms with Crippen LogP contribution in [0.4, 0.5) is 8.78 Å². The predicted molar refractivity (Wildman–Crippen MR) is 78.6 cm³/mol. The van der Waals surface area contributed by atoms with Gasteiger partial charge in [-0.1, -0.05) is 30.3 Å². The maximum absolute atomic E-state index is 13.4. The zero-order valence-electron chi connectivity index (χ0n) is 12.0. The van der Waals surface area contributed by atoms with Crippen LogP contribution >= 0.6 is 0 Å². The van der Waals surface area contributed by atoms with Gasteiger partial charge in [0, 0.05) is 37.9 Å². The van der Waals surface area contributed by atoms with Crippen LogP contribution in [-0.4, -0.2) is 30.0 Å². The summed E-state index contributed by atoms with van der Waals surface area (Å²) in [5.41, 5.74) is 1.55. The van der Waals surface area contributed by atoms with Crippen molar-refractivity contribution >= 4 is 0 Å². The van der Waals surface area contributed by atoms with Gasteiger partial charge in [0.15, 0.2) is 5.82 Å². The first kappa shape index (κ1) is 15.5. The number of nitrogens with zero attached hydrogens (tertiary/aromatic N) is 2. The zero-order valence-corrected chi connectivity index (χ0v) is 12.0. The van der Waals surface area contributed by atoms with Crippen LogP contribution in [0.2, 0.25) is 0 Å². The van der Waals surface area contributed by atoms with Gasteiger partial charge >= 0.3 is 0 Å². The molecule has 5 heteroatoms. The Balaban J connectivity index is 1.71. The van der Waals surface area contributed by atoms with E-state index in [0.29, 0.717) is 18.7 Å². The standard InChI is InChI=1S/C16H19F2N3/c1-21(12-13-5-3-2-4-6-13)10-9-19-11-14-7-8-20-16(18)15(14)17/h2-8,19H,9-12H2,1H3. The van der Waals surface area contributed by atoms with Crippen LogP contribution in [0.5, 0.6) is 0 Å². The van der Waals surface area contributed by atoms with E-state index in [0.717, 1.165) is 13.1 Å². The summed E-state index contributed by atoms with van der Waals surface area (Å²) in [6.45, 7) is 2.68. The Morgan fingerprint density at radius 2 is 1.90 bits per heavy atom. The highest BCUT2D eigenvalue weighted by molar-refractivity contribution is 5.14. The van der Waals surface area contributed by atoms with Gasteiger partial charge in [0.2, 0.25) is 5.95 Å². The van der Waals surface area contributed by atoms with Crippen LogP contribution in [0.3, 0.4) is 0 Å². The second kappa shape index (κ2) is 7.81. The molecule has 21 heavy (non-hydrogen) atoms. The van der Waals surface area contributed by atoms with Gasteiger partial charge in [-0.15, -0.1) is 0 Å². The molecule has 0 saturated heterocycles. The Morgan fingerprint density at radius 1 is 1.14 bits per heavy atom. The second-order valence-electron chi connectivity index (χ2n) is 4.98. The third-order valence-electron chi connectivity index (χ3n) is 3.21. The molecular weight excluding hydrogens is 272 g/mol. The molecule has 0 aliphatic heterocycles. The van der Waals surface area contributed by atoms with Crippen molar-refractivity contribution in [3.63, 3.8) is 0 Å². The maximum Gasteiger partial charge on any atom is 0.249 e. The Bertz CT molecular complexity index is 561. The van der Waals surface area contributed by atoms with Crippen molar-refractivity contribution in [2.24, 2.45) is 0 Å². The van der Waals surface area contributed by atoms with E-state index >= 15 is 0 Å². The molecule has 0 bridgehead atoms. The van der Waals surface area contributed by atoms with E-state index in [-0.39, 0.29) is 0 Å². The highest BCUT2D eigenvalue weighted by atomic mass is 19.2. The van der Waals surface area contributed by atoms with Crippen molar-refractivity contribution in [1.82, 2.24) is 15.2 Å². The van der Waals surface area contributed by atoms with Gasteiger partial charge in [-0.3, -0.25) is 0 Å². The molecule has 1 aromatic heterocycles. The monoisotopic (exact) mass is 291 g/mol. The average Bonchev–Trinajstić information content (AvgIpc) is 2.49. The largest absolute Gasteiger partial charge is 0.311 e. The fourth-order valence-electron chi connectivity index (χ4n) is 2.06. The van der Waals surface area contributed by atoms with Crippen molar-refractivity contribution in [1.29, 1.82) is 0 Å². The fourth-order valence-corrected chi connectivity index (χ4v) is 2.06. The number of halogens is 2. The zero-order chi connectivity index (χ0) is 15.1. The van der Waals surface area contributed by atoms with E-state index in [9.17, 15) is 8.78 Å². The minimum Gasteiger partial charge on any atom is -0.311 e. The number of rotatable bonds is 7. The van der Waals surface area contributed by atoms with E-state index in [2.05, 4.69) is 27.3 Å². The summed E-state index contributed by atoms with van der Waals surface area (Å²) in [6.07, 6.45) is 1.27. The molecule has 1 heterocycles. The molecule has 0 radical (unpaired) electrons. The predicted octanol–water partition coefficient (Wildman–Crippen LogP) is 2.58. The number of hydrogen-bond acceptors (Lipinski definition) is 3. The molecule has 112 valence electrons. The number of benzene rings is 1. The van der Waals surface area contributed by atoms with E-state index in [1.807, 2.05) is 25.2 Å². The first-order valence-electron chi connectivity index (χ1n) is 6.89. The summed E-state index contributed by atoms with van der Waals surface area (Å²) < 4.78 is 26.3. The van der Waals surface area contributed by atoms with Gasteiger partial charge in [0.05, 0.1) is 0 Å². The molecule has 0 unspecified atom stereocenters. The van der Waals surface area contributed by atoms with Gasteiger partial charge in [-0.2, -0.15) is 4.39 Å². The topological polar surface area (TPSA) is 28.2 Å². The molecule has 3 nitrogen and oxygen atoms in total. The van der Waals surface area contributed by atoms with E-state index in [1.165, 1.54) is 17.8 Å². The van der Waals surface area contributed by atoms with E-state index < -0.39 is 11.8 Å². The molecule has 0 saturated carbocycles. The van der Waals surface area contributed by atoms with Crippen LogP contribution in [0.25, 0.3) is 0 Å². The molecule has 2 rings (SSSR count). The van der Waals surface area contributed by atoms with Crippen molar-refractivity contribution in [2.75, 3.05) is 20.1 Å². The average molecular weight is 291 g/mol. The Kier molecular flexibility index (Phi) is 5.78. The lowest BCUT2D eigenvalue weighted by Gasteiger charge is -2.17. The minimum atomic E-state index is -1.05. The maximum atomic E-state index is 13.4. The van der Waals surface area contributed by atoms with Crippen LogP contribution in [0, 0.1) is 11.8 Å². The highest BCUT2D eigenvalue weighted by Gasteiger charge is 2.08. The Hall–Kier alpha value is -1.85. The van der Waals surface area contributed by atoms with Gasteiger partial charge < -0.3 is 10.2 Å². The molecule has 1 N–H and O–H groups in total. The molecule has 0 aliphatic rings. The first-order valence-corrected chi connectivity index (χ1v) is 6.89. The molecule has 0 aliphatic carbocycles. The minimum absolute atomic E-state index is 0.296. The SMILES string of the molecule is CN(CCNCc1ccnc(F)c1F)Cc1ccccc1. The molecule has 0 spiro atoms. The van der Waals surface area contributed by atoms with Crippen molar-refractivity contribution in [2.45, 2.75) is 13.1 Å². The van der Waals surface area contributed by atoms with Gasteiger partial charge in [0.25, 0.3) is 0 Å². The fraction of sp³-hybridized carbons (Fsp3) is 0.312. The lowest BCUT2D eigenvalue weighted by Crippen LogP contribution is -2.29. The summed E-state index contributed by atoms with van der Waals surface area (Å²) >= 11 is 0. The molecule has 0 amide bonds. The second-order valence-corrected chi connectivity index (χ2v) is 4.98. The number of likely N-dealkylation sites (N-methyl/N-ethyl adjacent to an activating group) is 1. The molecule has 1 aromatic carbocycles. The van der Waals surface area contributed by atoms with Crippen LogP contribution in [0.15, 0.2) is 42.6 Å². The van der Waals surface area contributed by atoms with E-state index in [1.54, 1.807) is 0 Å². The van der Waals surface area contributed by atoms with E-state index in [4.69, 9.17) is 0 Å². The quantitative estimate of drug-likeness (QED) is 0.628. The summed E-state index contributed by atoms with van der Waals surface area (Å²) in [6, 6.07) is 11.7. The van der Waals surface area contributed by atoms with Crippen molar-refractivity contribution < 1.29 is 8.78 Å². The lowest BCUT2D eigenvalue weighted by atomic mass is 10.2. The van der Waals surface area contributed by atoms with Crippen LogP contribution in [0.1, 0.15) is 11.1 Å². The molecule has 0 atom stereocenters. The van der Waals surface area contributed by atoms with Crippen molar-refractivity contribution in [3.8, 4) is 0 Å². The number of aromatic nitrogens is 1. The lowest BCUT2D eigenvalue weighted by molar-refractivity contribution is 0.323. The summed E-state index contributed by atoms with van der Waals surface area (Å²) in [5.74, 6) is -1.92. The normalized spacial score (nSPS) is 11.0.